The van der Waals surface area contributed by atoms with Gasteiger partial charge < -0.3 is 9.84 Å². The second kappa shape index (κ2) is 5.75. The van der Waals surface area contributed by atoms with Crippen LogP contribution in [0.2, 0.25) is 0 Å². The molecule has 7 heteroatoms. The average molecular weight is 279 g/mol. The van der Waals surface area contributed by atoms with Gasteiger partial charge in [-0.2, -0.15) is 0 Å². The summed E-state index contributed by atoms with van der Waals surface area (Å²) in [5.74, 6) is -0.353. The van der Waals surface area contributed by atoms with Crippen molar-refractivity contribution in [3.05, 3.63) is 30.5 Å². The molecule has 0 fully saturated rings. The fraction of sp³-hybridized carbons (Fsp3) is 0.250. The van der Waals surface area contributed by atoms with Gasteiger partial charge in [-0.05, 0) is 24.6 Å². The summed E-state index contributed by atoms with van der Waals surface area (Å²) in [5.41, 5.74) is 1.47. The van der Waals surface area contributed by atoms with Crippen LogP contribution in [0.4, 0.5) is 0 Å². The average Bonchev–Trinajstić information content (AvgIpc) is 2.77. The van der Waals surface area contributed by atoms with Crippen LogP contribution in [0.3, 0.4) is 0 Å². The summed E-state index contributed by atoms with van der Waals surface area (Å²) in [7, 11) is 0. The molecule has 1 N–H and O–H groups in total. The number of ether oxygens (including phenoxy) is 1. The summed E-state index contributed by atoms with van der Waals surface area (Å²) in [5, 5.41) is 17.2. The second-order valence-corrected chi connectivity index (χ2v) is 4.92. The maximum atomic E-state index is 10.6. The third-order valence-corrected chi connectivity index (χ3v) is 3.09. The van der Waals surface area contributed by atoms with E-state index in [1.807, 2.05) is 6.92 Å². The first kappa shape index (κ1) is 13.4. The summed E-state index contributed by atoms with van der Waals surface area (Å²) >= 11 is 1.11. The summed E-state index contributed by atoms with van der Waals surface area (Å²) in [6.07, 6.45) is 1.77. The molecule has 2 aromatic heterocycles. The lowest BCUT2D eigenvalue weighted by Gasteiger charge is -2.06. The van der Waals surface area contributed by atoms with Gasteiger partial charge in [0.05, 0.1) is 5.75 Å². The minimum atomic E-state index is -0.892. The fourth-order valence-corrected chi connectivity index (χ4v) is 2.05. The first-order valence-electron chi connectivity index (χ1n) is 5.53. The summed E-state index contributed by atoms with van der Waals surface area (Å²) in [6.45, 7) is 6.05. The molecule has 19 heavy (non-hydrogen) atoms. The monoisotopic (exact) mass is 279 g/mol. The second-order valence-electron chi connectivity index (χ2n) is 3.98. The van der Waals surface area contributed by atoms with E-state index in [-0.39, 0.29) is 5.75 Å². The van der Waals surface area contributed by atoms with Gasteiger partial charge in [-0.1, -0.05) is 18.3 Å². The van der Waals surface area contributed by atoms with E-state index >= 15 is 0 Å². The standard InChI is InChI=1S/C12H13N3O3S/c1-8(2)6-18-9-4-3-5-15-11(9)13-14-12(15)19-7-10(16)17/h3-5H,1,6-7H2,2H3,(H,16,17). The lowest BCUT2D eigenvalue weighted by Crippen LogP contribution is -2.01. The molecule has 0 bridgehead atoms. The lowest BCUT2D eigenvalue weighted by atomic mass is 10.4. The zero-order chi connectivity index (χ0) is 13.8. The molecule has 2 rings (SSSR count). The van der Waals surface area contributed by atoms with Gasteiger partial charge in [-0.25, -0.2) is 0 Å². The molecule has 0 unspecified atom stereocenters. The molecule has 0 aliphatic heterocycles. The van der Waals surface area contributed by atoms with Gasteiger partial charge in [-0.3, -0.25) is 9.20 Å². The van der Waals surface area contributed by atoms with E-state index in [0.29, 0.717) is 23.2 Å². The highest BCUT2D eigenvalue weighted by molar-refractivity contribution is 7.99. The number of aromatic nitrogens is 3. The molecule has 6 nitrogen and oxygen atoms in total. The number of carboxylic acids is 1. The van der Waals surface area contributed by atoms with Crippen molar-refractivity contribution in [3.8, 4) is 5.75 Å². The third-order valence-electron chi connectivity index (χ3n) is 2.17. The molecule has 0 amide bonds. The Balaban J connectivity index is 2.26. The molecular weight excluding hydrogens is 266 g/mol. The van der Waals surface area contributed by atoms with Crippen molar-refractivity contribution in [3.63, 3.8) is 0 Å². The van der Waals surface area contributed by atoms with Crippen molar-refractivity contribution in [1.29, 1.82) is 0 Å². The largest absolute Gasteiger partial charge is 0.485 e. The maximum Gasteiger partial charge on any atom is 0.313 e. The van der Waals surface area contributed by atoms with Crippen molar-refractivity contribution < 1.29 is 14.6 Å². The van der Waals surface area contributed by atoms with E-state index < -0.39 is 5.97 Å². The molecule has 0 spiro atoms. The van der Waals surface area contributed by atoms with E-state index in [4.69, 9.17) is 9.84 Å². The van der Waals surface area contributed by atoms with Crippen molar-refractivity contribution >= 4 is 23.4 Å². The van der Waals surface area contributed by atoms with Crippen LogP contribution >= 0.6 is 11.8 Å². The lowest BCUT2D eigenvalue weighted by molar-refractivity contribution is -0.133. The minimum absolute atomic E-state index is 0.0579. The molecule has 2 aromatic rings. The SMILES string of the molecule is C=C(C)COc1cccn2c(SCC(=O)O)nnc12. The predicted molar refractivity (Wildman–Crippen MR) is 71.7 cm³/mol. The Morgan fingerprint density at radius 1 is 1.58 bits per heavy atom. The van der Waals surface area contributed by atoms with E-state index in [1.54, 1.807) is 22.7 Å². The van der Waals surface area contributed by atoms with Crippen molar-refractivity contribution in [2.75, 3.05) is 12.4 Å². The van der Waals surface area contributed by atoms with E-state index in [1.165, 1.54) is 0 Å². The number of nitrogens with zero attached hydrogens (tertiary/aromatic N) is 3. The molecule has 0 aliphatic carbocycles. The Morgan fingerprint density at radius 2 is 2.37 bits per heavy atom. The summed E-state index contributed by atoms with van der Waals surface area (Å²) < 4.78 is 7.28. The van der Waals surface area contributed by atoms with Gasteiger partial charge in [-0.15, -0.1) is 10.2 Å². The number of pyridine rings is 1. The van der Waals surface area contributed by atoms with E-state index in [2.05, 4.69) is 16.8 Å². The zero-order valence-corrected chi connectivity index (χ0v) is 11.2. The quantitative estimate of drug-likeness (QED) is 0.642. The number of aliphatic carboxylic acids is 1. The summed E-state index contributed by atoms with van der Waals surface area (Å²) in [6, 6.07) is 3.59. The maximum absolute atomic E-state index is 10.6. The fourth-order valence-electron chi connectivity index (χ4n) is 1.41. The predicted octanol–water partition coefficient (Wildman–Crippen LogP) is 1.86. The van der Waals surface area contributed by atoms with Crippen LogP contribution in [0.25, 0.3) is 5.65 Å². The van der Waals surface area contributed by atoms with Crippen LogP contribution in [0, 0.1) is 0 Å². The van der Waals surface area contributed by atoms with Crippen LogP contribution in [-0.2, 0) is 4.79 Å². The molecule has 0 aliphatic rings. The third kappa shape index (κ3) is 3.25. The Morgan fingerprint density at radius 3 is 3.05 bits per heavy atom. The number of carbonyl (C=O) groups is 1. The van der Waals surface area contributed by atoms with Crippen molar-refractivity contribution in [2.45, 2.75) is 12.1 Å². The number of hydrogen-bond acceptors (Lipinski definition) is 5. The summed E-state index contributed by atoms with van der Waals surface area (Å²) in [4.78, 5) is 10.6. The molecule has 100 valence electrons. The Kier molecular flexibility index (Phi) is 4.06. The topological polar surface area (TPSA) is 76.7 Å². The smallest absolute Gasteiger partial charge is 0.313 e. The molecule has 0 radical (unpaired) electrons. The number of thioether (sulfide) groups is 1. The van der Waals surface area contributed by atoms with Crippen LogP contribution < -0.4 is 4.74 Å². The highest BCUT2D eigenvalue weighted by Crippen LogP contribution is 2.23. The highest BCUT2D eigenvalue weighted by atomic mass is 32.2. The number of rotatable bonds is 6. The van der Waals surface area contributed by atoms with E-state index in [9.17, 15) is 4.79 Å². The van der Waals surface area contributed by atoms with Gasteiger partial charge in [0.25, 0.3) is 0 Å². The van der Waals surface area contributed by atoms with Gasteiger partial charge in [0.1, 0.15) is 6.61 Å². The van der Waals surface area contributed by atoms with Crippen LogP contribution in [0.1, 0.15) is 6.92 Å². The van der Waals surface area contributed by atoms with Crippen LogP contribution in [-0.4, -0.2) is 38.0 Å². The first-order chi connectivity index (χ1) is 9.08. The van der Waals surface area contributed by atoms with Crippen molar-refractivity contribution in [1.82, 2.24) is 14.6 Å². The Bertz CT molecular complexity index is 624. The number of fused-ring (bicyclic) bond motifs is 1. The molecular formula is C12H13N3O3S. The zero-order valence-electron chi connectivity index (χ0n) is 10.4. The molecule has 0 aromatic carbocycles. The van der Waals surface area contributed by atoms with Gasteiger partial charge in [0.15, 0.2) is 10.9 Å². The normalized spacial score (nSPS) is 10.6. The highest BCUT2D eigenvalue weighted by Gasteiger charge is 2.11. The molecule has 0 saturated carbocycles. The van der Waals surface area contributed by atoms with E-state index in [0.717, 1.165) is 17.3 Å². The molecule has 0 atom stereocenters. The molecule has 0 saturated heterocycles. The van der Waals surface area contributed by atoms with Gasteiger partial charge in [0, 0.05) is 6.20 Å². The van der Waals surface area contributed by atoms with Crippen LogP contribution in [0.5, 0.6) is 5.75 Å². The Hall–Kier alpha value is -2.02. The Labute approximate surface area is 114 Å². The number of hydrogen-bond donors (Lipinski definition) is 1. The van der Waals surface area contributed by atoms with Gasteiger partial charge in [0.2, 0.25) is 5.65 Å². The minimum Gasteiger partial charge on any atom is -0.485 e. The molecule has 2 heterocycles. The van der Waals surface area contributed by atoms with Crippen molar-refractivity contribution in [2.24, 2.45) is 0 Å². The van der Waals surface area contributed by atoms with Crippen LogP contribution in [0.15, 0.2) is 35.6 Å². The first-order valence-corrected chi connectivity index (χ1v) is 6.52. The number of carboxylic acid groups (broad SMARTS) is 1. The van der Waals surface area contributed by atoms with Gasteiger partial charge >= 0.3 is 5.97 Å².